The number of rotatable bonds is 3. The first-order valence-corrected chi connectivity index (χ1v) is 6.13. The normalized spacial score (nSPS) is 13.2. The molecule has 0 amide bonds. The van der Waals surface area contributed by atoms with E-state index in [2.05, 4.69) is 0 Å². The van der Waals surface area contributed by atoms with Gasteiger partial charge < -0.3 is 15.4 Å². The third kappa shape index (κ3) is 2.10. The van der Waals surface area contributed by atoms with E-state index in [-0.39, 0.29) is 11.9 Å². The lowest BCUT2D eigenvalue weighted by Crippen LogP contribution is -2.21. The van der Waals surface area contributed by atoms with Crippen LogP contribution in [0, 0.1) is 12.7 Å². The molecule has 1 aromatic carbocycles. The molecule has 4 nitrogen and oxygen atoms in total. The van der Waals surface area contributed by atoms with Crippen LogP contribution in [0.1, 0.15) is 37.2 Å². The van der Waals surface area contributed by atoms with Crippen molar-refractivity contribution >= 4 is 16.9 Å². The minimum atomic E-state index is -1.10. The monoisotopic (exact) mass is 264 g/mol. The predicted octanol–water partition coefficient (Wildman–Crippen LogP) is 2.75. The van der Waals surface area contributed by atoms with Crippen molar-refractivity contribution in [3.8, 4) is 0 Å². The van der Waals surface area contributed by atoms with E-state index in [9.17, 15) is 9.18 Å². The molecule has 1 aromatic heterocycles. The molecule has 0 aliphatic carbocycles. The molecule has 0 spiro atoms. The van der Waals surface area contributed by atoms with Gasteiger partial charge in [0, 0.05) is 22.7 Å². The zero-order valence-corrected chi connectivity index (χ0v) is 11.1. The zero-order chi connectivity index (χ0) is 14.3. The van der Waals surface area contributed by atoms with Gasteiger partial charge in [-0.2, -0.15) is 0 Å². The third-order valence-corrected chi connectivity index (χ3v) is 3.35. The highest BCUT2D eigenvalue weighted by Gasteiger charge is 2.24. The molecule has 0 radical (unpaired) electrons. The minimum absolute atomic E-state index is 0.0963. The van der Waals surface area contributed by atoms with Gasteiger partial charge in [0.2, 0.25) is 0 Å². The number of carboxylic acids is 1. The molecule has 3 N–H and O–H groups in total. The van der Waals surface area contributed by atoms with Gasteiger partial charge in [0.15, 0.2) is 0 Å². The lowest BCUT2D eigenvalue weighted by molar-refractivity contribution is -0.138. The number of fused-ring (bicyclic) bond motifs is 1. The van der Waals surface area contributed by atoms with Crippen molar-refractivity contribution in [3.05, 3.63) is 35.3 Å². The molecule has 2 rings (SSSR count). The molecular weight excluding hydrogens is 247 g/mol. The highest BCUT2D eigenvalue weighted by atomic mass is 19.1. The Hall–Kier alpha value is -1.88. The van der Waals surface area contributed by atoms with Crippen LogP contribution in [0.15, 0.2) is 18.2 Å². The standard InChI is InChI=1S/C14H17FN2O2/c1-7(2)17-8(3)12(13(16)14(18)19)10-5-4-9(15)6-11(10)17/h4-7,13H,16H2,1-3H3,(H,18,19). The molecule has 0 aliphatic heterocycles. The Morgan fingerprint density at radius 1 is 1.42 bits per heavy atom. The maximum atomic E-state index is 13.4. The number of benzene rings is 1. The number of nitrogens with zero attached hydrogens (tertiary/aromatic N) is 1. The van der Waals surface area contributed by atoms with Crippen molar-refractivity contribution in [2.75, 3.05) is 0 Å². The van der Waals surface area contributed by atoms with E-state index >= 15 is 0 Å². The molecule has 0 bridgehead atoms. The Kier molecular flexibility index (Phi) is 3.32. The molecule has 0 fully saturated rings. The largest absolute Gasteiger partial charge is 0.480 e. The van der Waals surface area contributed by atoms with Gasteiger partial charge in [-0.15, -0.1) is 0 Å². The van der Waals surface area contributed by atoms with Crippen LogP contribution in [0.25, 0.3) is 10.9 Å². The van der Waals surface area contributed by atoms with E-state index in [4.69, 9.17) is 10.8 Å². The van der Waals surface area contributed by atoms with Crippen molar-refractivity contribution in [1.29, 1.82) is 0 Å². The maximum absolute atomic E-state index is 13.4. The number of carboxylic acid groups (broad SMARTS) is 1. The van der Waals surface area contributed by atoms with E-state index in [0.717, 1.165) is 5.69 Å². The summed E-state index contributed by atoms with van der Waals surface area (Å²) in [6, 6.07) is 3.33. The van der Waals surface area contributed by atoms with Gasteiger partial charge in [-0.1, -0.05) is 0 Å². The van der Waals surface area contributed by atoms with Gasteiger partial charge in [-0.25, -0.2) is 4.39 Å². The smallest absolute Gasteiger partial charge is 0.325 e. The topological polar surface area (TPSA) is 68.2 Å². The van der Waals surface area contributed by atoms with E-state index in [0.29, 0.717) is 16.5 Å². The van der Waals surface area contributed by atoms with Crippen LogP contribution in [0.2, 0.25) is 0 Å². The average molecular weight is 264 g/mol. The van der Waals surface area contributed by atoms with Gasteiger partial charge >= 0.3 is 5.97 Å². The van der Waals surface area contributed by atoms with Crippen LogP contribution in [0.4, 0.5) is 4.39 Å². The fourth-order valence-electron chi connectivity index (χ4n) is 2.62. The Morgan fingerprint density at radius 3 is 2.58 bits per heavy atom. The summed E-state index contributed by atoms with van der Waals surface area (Å²) in [5.41, 5.74) is 7.75. The molecule has 0 saturated carbocycles. The number of aromatic nitrogens is 1. The van der Waals surface area contributed by atoms with Crippen LogP contribution < -0.4 is 5.73 Å². The number of hydrogen-bond acceptors (Lipinski definition) is 2. The lowest BCUT2D eigenvalue weighted by atomic mass is 10.0. The molecule has 1 atom stereocenters. The Bertz CT molecular complexity index is 646. The van der Waals surface area contributed by atoms with Crippen LogP contribution >= 0.6 is 0 Å². The van der Waals surface area contributed by atoms with Crippen LogP contribution in [0.3, 0.4) is 0 Å². The highest BCUT2D eigenvalue weighted by molar-refractivity contribution is 5.91. The summed E-state index contributed by atoms with van der Waals surface area (Å²) in [7, 11) is 0. The van der Waals surface area contributed by atoms with Gasteiger partial charge in [-0.05, 0) is 39.0 Å². The van der Waals surface area contributed by atoms with Gasteiger partial charge in [-0.3, -0.25) is 4.79 Å². The predicted molar refractivity (Wildman–Crippen MR) is 71.6 cm³/mol. The molecule has 0 aliphatic rings. The Morgan fingerprint density at radius 2 is 2.05 bits per heavy atom. The quantitative estimate of drug-likeness (QED) is 0.895. The van der Waals surface area contributed by atoms with Gasteiger partial charge in [0.25, 0.3) is 0 Å². The summed E-state index contributed by atoms with van der Waals surface area (Å²) >= 11 is 0. The summed E-state index contributed by atoms with van der Waals surface area (Å²) in [6.45, 7) is 5.75. The fourth-order valence-corrected chi connectivity index (χ4v) is 2.62. The van der Waals surface area contributed by atoms with Crippen molar-refractivity contribution in [2.24, 2.45) is 5.73 Å². The SMILES string of the molecule is Cc1c(C(N)C(=O)O)c2ccc(F)cc2n1C(C)C. The highest BCUT2D eigenvalue weighted by Crippen LogP contribution is 2.32. The summed E-state index contributed by atoms with van der Waals surface area (Å²) in [4.78, 5) is 11.1. The summed E-state index contributed by atoms with van der Waals surface area (Å²) in [6.07, 6.45) is 0. The molecule has 5 heteroatoms. The van der Waals surface area contributed by atoms with Crippen LogP contribution in [-0.2, 0) is 4.79 Å². The molecular formula is C14H17FN2O2. The second kappa shape index (κ2) is 4.66. The second-order valence-corrected chi connectivity index (χ2v) is 4.94. The number of aliphatic carboxylic acids is 1. The molecule has 102 valence electrons. The van der Waals surface area contributed by atoms with E-state index < -0.39 is 12.0 Å². The van der Waals surface area contributed by atoms with Gasteiger partial charge in [0.05, 0.1) is 5.52 Å². The van der Waals surface area contributed by atoms with E-state index in [1.165, 1.54) is 12.1 Å². The summed E-state index contributed by atoms with van der Waals surface area (Å²) < 4.78 is 15.3. The first-order valence-electron chi connectivity index (χ1n) is 6.13. The van der Waals surface area contributed by atoms with Crippen LogP contribution in [0.5, 0.6) is 0 Å². The van der Waals surface area contributed by atoms with E-state index in [1.807, 2.05) is 25.3 Å². The molecule has 19 heavy (non-hydrogen) atoms. The number of halogens is 1. The molecule has 0 saturated heterocycles. The van der Waals surface area contributed by atoms with Crippen molar-refractivity contribution in [3.63, 3.8) is 0 Å². The lowest BCUT2D eigenvalue weighted by Gasteiger charge is -2.13. The van der Waals surface area contributed by atoms with Crippen molar-refractivity contribution in [1.82, 2.24) is 4.57 Å². The summed E-state index contributed by atoms with van der Waals surface area (Å²) in [5, 5.41) is 9.81. The van der Waals surface area contributed by atoms with Crippen molar-refractivity contribution < 1.29 is 14.3 Å². The molecule has 1 unspecified atom stereocenters. The van der Waals surface area contributed by atoms with Crippen LogP contribution in [-0.4, -0.2) is 15.6 Å². The minimum Gasteiger partial charge on any atom is -0.480 e. The molecule has 2 aromatic rings. The Labute approximate surface area is 110 Å². The fraction of sp³-hybridized carbons (Fsp3) is 0.357. The number of nitrogens with two attached hydrogens (primary N) is 1. The zero-order valence-electron chi connectivity index (χ0n) is 11.1. The average Bonchev–Trinajstić information content (AvgIpc) is 2.59. The first-order chi connectivity index (χ1) is 8.84. The van der Waals surface area contributed by atoms with E-state index in [1.54, 1.807) is 6.07 Å². The first kappa shape index (κ1) is 13.5. The summed E-state index contributed by atoms with van der Waals surface area (Å²) in [5.74, 6) is -1.43. The van der Waals surface area contributed by atoms with Crippen molar-refractivity contribution in [2.45, 2.75) is 32.9 Å². The number of hydrogen-bond donors (Lipinski definition) is 2. The second-order valence-electron chi connectivity index (χ2n) is 4.94. The third-order valence-electron chi connectivity index (χ3n) is 3.35. The maximum Gasteiger partial charge on any atom is 0.325 e. The molecule has 1 heterocycles. The number of carbonyl (C=O) groups is 1. The Balaban J connectivity index is 2.85. The van der Waals surface area contributed by atoms with Gasteiger partial charge in [0.1, 0.15) is 11.9 Å².